The van der Waals surface area contributed by atoms with Gasteiger partial charge >= 0.3 is 5.97 Å². The van der Waals surface area contributed by atoms with Gasteiger partial charge in [0.15, 0.2) is 23.0 Å². The molecule has 5 heterocycles. The Hall–Kier alpha value is -4.71. The fourth-order valence-corrected chi connectivity index (χ4v) is 5.93. The van der Waals surface area contributed by atoms with Gasteiger partial charge in [0.05, 0.1) is 6.54 Å². The molecule has 0 unspecified atom stereocenters. The second-order valence-electron chi connectivity index (χ2n) is 11.0. The van der Waals surface area contributed by atoms with E-state index >= 15 is 0 Å². The number of likely N-dealkylation sites (N-methyl/N-ethyl adjacent to an activating group) is 2. The number of ether oxygens (including phenoxy) is 1. The third-order valence-electron chi connectivity index (χ3n) is 8.41. The first-order valence-electron chi connectivity index (χ1n) is 14.3. The lowest BCUT2D eigenvalue weighted by atomic mass is 10.1. The van der Waals surface area contributed by atoms with E-state index in [0.29, 0.717) is 40.9 Å². The molecule has 2 fully saturated rings. The van der Waals surface area contributed by atoms with Crippen LogP contribution >= 0.6 is 0 Å². The number of carbonyl (C=O) groups is 1. The minimum absolute atomic E-state index is 0.235. The van der Waals surface area contributed by atoms with Crippen molar-refractivity contribution in [3.63, 3.8) is 0 Å². The van der Waals surface area contributed by atoms with Crippen molar-refractivity contribution in [1.82, 2.24) is 29.2 Å². The van der Waals surface area contributed by atoms with E-state index in [-0.39, 0.29) is 18.1 Å². The second-order valence-corrected chi connectivity index (χ2v) is 11.0. The standard InChI is InChI=1S/C30H33N9O3/c1-4-14-38-27(40)22-19-31-29(32-20-6-8-21(9-7-20)36-17-15-35(3)16-18-36)34-25(22)39(38)24-11-10-23-26(33-24)37(5-2)30(12-13-30)28(41)42-23/h4,6-11,19H,1,5,12-18H2,2-3H3,(H,31,32,34). The van der Waals surface area contributed by atoms with Crippen molar-refractivity contribution in [3.8, 4) is 11.6 Å². The molecule has 2 aliphatic heterocycles. The van der Waals surface area contributed by atoms with Gasteiger partial charge in [0.2, 0.25) is 5.95 Å². The lowest BCUT2D eigenvalue weighted by molar-refractivity contribution is -0.137. The van der Waals surface area contributed by atoms with Crippen LogP contribution in [-0.2, 0) is 11.3 Å². The highest BCUT2D eigenvalue weighted by Crippen LogP contribution is 2.50. The molecule has 4 aromatic rings. The molecule has 12 heteroatoms. The van der Waals surface area contributed by atoms with E-state index < -0.39 is 5.54 Å². The number of fused-ring (bicyclic) bond motifs is 2. The summed E-state index contributed by atoms with van der Waals surface area (Å²) in [5, 5.41) is 3.65. The molecule has 0 bridgehead atoms. The Morgan fingerprint density at radius 2 is 1.81 bits per heavy atom. The third-order valence-corrected chi connectivity index (χ3v) is 8.41. The van der Waals surface area contributed by atoms with Crippen LogP contribution in [0.2, 0.25) is 0 Å². The van der Waals surface area contributed by atoms with Gasteiger partial charge in [-0.1, -0.05) is 6.08 Å². The Balaban J connectivity index is 1.25. The molecule has 7 rings (SSSR count). The predicted octanol–water partition coefficient (Wildman–Crippen LogP) is 2.94. The lowest BCUT2D eigenvalue weighted by Crippen LogP contribution is -2.49. The van der Waals surface area contributed by atoms with E-state index in [1.807, 2.05) is 24.0 Å². The largest absolute Gasteiger partial charge is 0.421 e. The van der Waals surface area contributed by atoms with Crippen molar-refractivity contribution >= 4 is 40.1 Å². The fraction of sp³-hybridized carbons (Fsp3) is 0.367. The summed E-state index contributed by atoms with van der Waals surface area (Å²) in [5.41, 5.74) is 1.54. The van der Waals surface area contributed by atoms with E-state index in [2.05, 4.69) is 45.9 Å². The maximum Gasteiger partial charge on any atom is 0.337 e. The minimum atomic E-state index is -0.647. The number of nitrogens with zero attached hydrogens (tertiary/aromatic N) is 8. The van der Waals surface area contributed by atoms with Crippen LogP contribution in [-0.4, -0.2) is 80.5 Å². The van der Waals surface area contributed by atoms with Gasteiger partial charge in [-0.25, -0.2) is 24.1 Å². The van der Waals surface area contributed by atoms with Crippen molar-refractivity contribution in [2.45, 2.75) is 31.8 Å². The maximum atomic E-state index is 13.4. The number of rotatable bonds is 7. The van der Waals surface area contributed by atoms with Crippen LogP contribution in [0, 0.1) is 0 Å². The van der Waals surface area contributed by atoms with Crippen molar-refractivity contribution in [2.24, 2.45) is 0 Å². The number of piperazine rings is 1. The topological polar surface area (TPSA) is 114 Å². The van der Waals surface area contributed by atoms with Crippen LogP contribution in [0.1, 0.15) is 19.8 Å². The number of hydrogen-bond acceptors (Lipinski definition) is 10. The molecule has 0 amide bonds. The second kappa shape index (κ2) is 9.98. The Bertz CT molecular complexity index is 1750. The highest BCUT2D eigenvalue weighted by molar-refractivity contribution is 5.94. The molecule has 1 spiro atoms. The number of aromatic nitrogens is 5. The average Bonchev–Trinajstić information content (AvgIpc) is 3.75. The molecule has 3 aromatic heterocycles. The Morgan fingerprint density at radius 1 is 1.05 bits per heavy atom. The number of nitrogens with one attached hydrogen (secondary N) is 1. The Labute approximate surface area is 242 Å². The van der Waals surface area contributed by atoms with Crippen molar-refractivity contribution in [3.05, 3.63) is 65.6 Å². The first-order valence-corrected chi connectivity index (χ1v) is 14.3. The lowest BCUT2D eigenvalue weighted by Gasteiger charge is -2.35. The zero-order chi connectivity index (χ0) is 29.0. The highest BCUT2D eigenvalue weighted by atomic mass is 16.5. The number of allylic oxidation sites excluding steroid dienone is 1. The summed E-state index contributed by atoms with van der Waals surface area (Å²) in [4.78, 5) is 47.0. The van der Waals surface area contributed by atoms with E-state index in [1.165, 1.54) is 10.4 Å². The maximum absolute atomic E-state index is 13.4. The normalized spacial score (nSPS) is 17.8. The molecule has 12 nitrogen and oxygen atoms in total. The number of anilines is 4. The summed E-state index contributed by atoms with van der Waals surface area (Å²) in [5.74, 6) is 1.60. The van der Waals surface area contributed by atoms with Crippen molar-refractivity contribution in [1.29, 1.82) is 0 Å². The van der Waals surface area contributed by atoms with Crippen LogP contribution in [0.25, 0.3) is 16.9 Å². The van der Waals surface area contributed by atoms with Gasteiger partial charge in [0, 0.05) is 50.3 Å². The van der Waals surface area contributed by atoms with Gasteiger partial charge in [-0.2, -0.15) is 4.98 Å². The molecule has 42 heavy (non-hydrogen) atoms. The Kier molecular flexibility index (Phi) is 6.23. The van der Waals surface area contributed by atoms with Gasteiger partial charge < -0.3 is 24.8 Å². The molecule has 1 aromatic carbocycles. The van der Waals surface area contributed by atoms with Crippen molar-refractivity contribution in [2.75, 3.05) is 54.9 Å². The highest BCUT2D eigenvalue weighted by Gasteiger charge is 2.59. The summed E-state index contributed by atoms with van der Waals surface area (Å²) >= 11 is 0. The Morgan fingerprint density at radius 3 is 2.50 bits per heavy atom. The number of esters is 1. The van der Waals surface area contributed by atoms with Crippen LogP contribution < -0.4 is 25.4 Å². The third kappa shape index (κ3) is 4.21. The van der Waals surface area contributed by atoms with E-state index in [9.17, 15) is 9.59 Å². The molecule has 1 saturated heterocycles. The number of hydrogen-bond donors (Lipinski definition) is 1. The molecule has 1 N–H and O–H groups in total. The summed E-state index contributed by atoms with van der Waals surface area (Å²) in [6.07, 6.45) is 4.66. The van der Waals surface area contributed by atoms with Crippen LogP contribution in [0.15, 0.2) is 60.0 Å². The van der Waals surface area contributed by atoms with E-state index in [0.717, 1.165) is 44.7 Å². The minimum Gasteiger partial charge on any atom is -0.421 e. The molecular weight excluding hydrogens is 534 g/mol. The summed E-state index contributed by atoms with van der Waals surface area (Å²) in [7, 11) is 2.15. The summed E-state index contributed by atoms with van der Waals surface area (Å²) < 4.78 is 8.89. The number of benzene rings is 1. The van der Waals surface area contributed by atoms with Gasteiger partial charge in [-0.3, -0.25) is 4.79 Å². The molecular formula is C30H33N9O3. The quantitative estimate of drug-likeness (QED) is 0.264. The number of pyridine rings is 1. The molecule has 1 saturated carbocycles. The smallest absolute Gasteiger partial charge is 0.337 e. The van der Waals surface area contributed by atoms with Crippen LogP contribution in [0.5, 0.6) is 5.75 Å². The van der Waals surface area contributed by atoms with Crippen LogP contribution in [0.4, 0.5) is 23.1 Å². The summed E-state index contributed by atoms with van der Waals surface area (Å²) in [6.45, 7) is 10.8. The first-order chi connectivity index (χ1) is 20.4. The van der Waals surface area contributed by atoms with E-state index in [4.69, 9.17) is 14.7 Å². The SMILES string of the molecule is C=CCn1c(=O)c2cnc(Nc3ccc(N4CCN(C)CC4)cc3)nc2n1-c1ccc2c(n1)N(CC)C1(CC1)C(=O)O2. The van der Waals surface area contributed by atoms with Gasteiger partial charge in [-0.15, -0.1) is 6.58 Å². The van der Waals surface area contributed by atoms with Gasteiger partial charge in [-0.05, 0) is 63.2 Å². The molecule has 1 aliphatic carbocycles. The van der Waals surface area contributed by atoms with E-state index in [1.54, 1.807) is 29.1 Å². The van der Waals surface area contributed by atoms with Crippen molar-refractivity contribution < 1.29 is 9.53 Å². The molecule has 0 atom stereocenters. The fourth-order valence-electron chi connectivity index (χ4n) is 5.93. The van der Waals surface area contributed by atoms with Gasteiger partial charge in [0.1, 0.15) is 10.9 Å². The zero-order valence-electron chi connectivity index (χ0n) is 23.8. The molecule has 216 valence electrons. The monoisotopic (exact) mass is 567 g/mol. The predicted molar refractivity (Wildman–Crippen MR) is 161 cm³/mol. The first kappa shape index (κ1) is 26.2. The van der Waals surface area contributed by atoms with Crippen LogP contribution in [0.3, 0.4) is 0 Å². The molecule has 0 radical (unpaired) electrons. The molecule has 3 aliphatic rings. The van der Waals surface area contributed by atoms with Gasteiger partial charge in [0.25, 0.3) is 5.56 Å². The number of carbonyl (C=O) groups excluding carboxylic acids is 1. The zero-order valence-corrected chi connectivity index (χ0v) is 23.8. The summed E-state index contributed by atoms with van der Waals surface area (Å²) in [6, 6.07) is 11.7. The average molecular weight is 568 g/mol.